The SMILES string of the molecule is CCCc1ccc([O])cc1[N+](=O)[O-]. The first-order chi connectivity index (χ1) is 6.15. The molecule has 1 aromatic rings. The average Bonchev–Trinajstić information content (AvgIpc) is 2.08. The summed E-state index contributed by atoms with van der Waals surface area (Å²) in [5, 5.41) is 21.4. The van der Waals surface area contributed by atoms with Gasteiger partial charge in [0.1, 0.15) is 0 Å². The van der Waals surface area contributed by atoms with E-state index >= 15 is 0 Å². The maximum absolute atomic E-state index is 10.8. The van der Waals surface area contributed by atoms with Crippen LogP contribution in [-0.2, 0) is 11.5 Å². The lowest BCUT2D eigenvalue weighted by Crippen LogP contribution is -1.94. The second kappa shape index (κ2) is 3.89. The quantitative estimate of drug-likeness (QED) is 0.530. The predicted molar refractivity (Wildman–Crippen MR) is 47.2 cm³/mol. The van der Waals surface area contributed by atoms with Crippen molar-refractivity contribution in [3.8, 4) is 5.75 Å². The molecule has 0 unspecified atom stereocenters. The van der Waals surface area contributed by atoms with Gasteiger partial charge in [0, 0.05) is 5.56 Å². The molecule has 0 saturated carbocycles. The van der Waals surface area contributed by atoms with Gasteiger partial charge in [0.2, 0.25) is 0 Å². The highest BCUT2D eigenvalue weighted by Crippen LogP contribution is 2.24. The summed E-state index contributed by atoms with van der Waals surface area (Å²) in [4.78, 5) is 10.0. The first kappa shape index (κ1) is 9.51. The normalized spacial score (nSPS) is 9.92. The van der Waals surface area contributed by atoms with Gasteiger partial charge >= 0.3 is 0 Å². The molecule has 1 aromatic carbocycles. The van der Waals surface area contributed by atoms with Crippen molar-refractivity contribution in [1.82, 2.24) is 0 Å². The Kier molecular flexibility index (Phi) is 2.84. The topological polar surface area (TPSA) is 63.0 Å². The van der Waals surface area contributed by atoms with Crippen molar-refractivity contribution in [2.75, 3.05) is 0 Å². The van der Waals surface area contributed by atoms with Gasteiger partial charge < -0.3 is 0 Å². The van der Waals surface area contributed by atoms with E-state index in [1.807, 2.05) is 6.92 Å². The molecule has 0 N–H and O–H groups in total. The summed E-state index contributed by atoms with van der Waals surface area (Å²) in [5.74, 6) is -0.313. The van der Waals surface area contributed by atoms with Gasteiger partial charge in [0.15, 0.2) is 5.75 Å². The number of nitrogens with zero attached hydrogens (tertiary/aromatic N) is 1. The highest BCUT2D eigenvalue weighted by atomic mass is 16.6. The van der Waals surface area contributed by atoms with E-state index in [9.17, 15) is 15.2 Å². The van der Waals surface area contributed by atoms with Crippen LogP contribution in [0.25, 0.3) is 0 Å². The Morgan fingerprint density at radius 3 is 2.69 bits per heavy atom. The summed E-state index contributed by atoms with van der Waals surface area (Å²) < 4.78 is 0. The van der Waals surface area contributed by atoms with Crippen molar-refractivity contribution < 1.29 is 10.0 Å². The van der Waals surface area contributed by atoms with Crippen LogP contribution in [0.1, 0.15) is 18.9 Å². The Bertz CT molecular complexity index is 323. The number of rotatable bonds is 3. The van der Waals surface area contributed by atoms with E-state index < -0.39 is 4.92 Å². The fourth-order valence-electron chi connectivity index (χ4n) is 1.19. The molecular weight excluding hydrogens is 170 g/mol. The summed E-state index contributed by atoms with van der Waals surface area (Å²) in [6, 6.07) is 3.97. The predicted octanol–water partition coefficient (Wildman–Crippen LogP) is 2.69. The Morgan fingerprint density at radius 2 is 2.15 bits per heavy atom. The molecule has 0 saturated heterocycles. The molecule has 0 atom stereocenters. The third-order valence-corrected chi connectivity index (χ3v) is 1.77. The van der Waals surface area contributed by atoms with E-state index in [2.05, 4.69) is 0 Å². The molecule has 4 nitrogen and oxygen atoms in total. The molecule has 1 radical (unpaired) electrons. The third-order valence-electron chi connectivity index (χ3n) is 1.77. The Balaban J connectivity index is 3.10. The van der Waals surface area contributed by atoms with Crippen LogP contribution in [0, 0.1) is 10.1 Å². The monoisotopic (exact) mass is 180 g/mol. The van der Waals surface area contributed by atoms with Gasteiger partial charge in [-0.15, -0.1) is 0 Å². The fraction of sp³-hybridized carbons (Fsp3) is 0.333. The highest BCUT2D eigenvalue weighted by Gasteiger charge is 2.13. The molecule has 0 heterocycles. The van der Waals surface area contributed by atoms with E-state index in [4.69, 9.17) is 0 Å². The molecule has 0 fully saturated rings. The van der Waals surface area contributed by atoms with Crippen molar-refractivity contribution in [3.63, 3.8) is 0 Å². The lowest BCUT2D eigenvalue weighted by Gasteiger charge is -1.99. The smallest absolute Gasteiger partial charge is 0.276 e. The van der Waals surface area contributed by atoms with E-state index in [1.165, 1.54) is 12.1 Å². The van der Waals surface area contributed by atoms with Crippen molar-refractivity contribution in [3.05, 3.63) is 33.9 Å². The number of nitro benzene ring substituents is 1. The van der Waals surface area contributed by atoms with Gasteiger partial charge in [-0.1, -0.05) is 13.3 Å². The van der Waals surface area contributed by atoms with E-state index in [-0.39, 0.29) is 11.4 Å². The second-order valence-electron chi connectivity index (χ2n) is 2.80. The Labute approximate surface area is 76.0 Å². The molecule has 1 rings (SSSR count). The zero-order valence-electron chi connectivity index (χ0n) is 7.32. The standard InChI is InChI=1S/C9H10NO3/c1-2-3-7-4-5-8(11)6-9(7)10(12)13/h4-6H,2-3H2,1H3. The number of nitro groups is 1. The summed E-state index contributed by atoms with van der Waals surface area (Å²) in [7, 11) is 0. The summed E-state index contributed by atoms with van der Waals surface area (Å²) in [6.45, 7) is 1.94. The highest BCUT2D eigenvalue weighted by molar-refractivity contribution is 5.45. The molecule has 0 aliphatic heterocycles. The molecular formula is C9H10NO3. The number of aryl methyl sites for hydroxylation is 1. The van der Waals surface area contributed by atoms with Crippen LogP contribution in [0.5, 0.6) is 5.75 Å². The lowest BCUT2D eigenvalue weighted by atomic mass is 10.1. The van der Waals surface area contributed by atoms with E-state index in [1.54, 1.807) is 0 Å². The molecule has 13 heavy (non-hydrogen) atoms. The lowest BCUT2D eigenvalue weighted by molar-refractivity contribution is -0.385. The first-order valence-electron chi connectivity index (χ1n) is 4.09. The van der Waals surface area contributed by atoms with Crippen LogP contribution >= 0.6 is 0 Å². The number of hydrogen-bond donors (Lipinski definition) is 0. The van der Waals surface area contributed by atoms with Crippen LogP contribution < -0.4 is 0 Å². The van der Waals surface area contributed by atoms with Crippen molar-refractivity contribution in [2.24, 2.45) is 0 Å². The first-order valence-corrected chi connectivity index (χ1v) is 4.09. The van der Waals surface area contributed by atoms with Crippen LogP contribution in [0.4, 0.5) is 5.69 Å². The Hall–Kier alpha value is -1.58. The molecule has 0 amide bonds. The largest absolute Gasteiger partial charge is 0.290 e. The zero-order chi connectivity index (χ0) is 9.84. The van der Waals surface area contributed by atoms with Gasteiger partial charge in [0.25, 0.3) is 5.69 Å². The summed E-state index contributed by atoms with van der Waals surface area (Å²) in [6.07, 6.45) is 1.47. The minimum Gasteiger partial charge on any atom is -0.290 e. The molecule has 0 spiro atoms. The maximum Gasteiger partial charge on any atom is 0.276 e. The summed E-state index contributed by atoms with van der Waals surface area (Å²) in [5.41, 5.74) is 0.571. The number of hydrogen-bond acceptors (Lipinski definition) is 2. The maximum atomic E-state index is 10.8. The molecule has 0 aliphatic rings. The van der Waals surface area contributed by atoms with Crippen molar-refractivity contribution in [2.45, 2.75) is 19.8 Å². The third kappa shape index (κ3) is 2.18. The minimum absolute atomic E-state index is 0.0608. The second-order valence-corrected chi connectivity index (χ2v) is 2.80. The van der Waals surface area contributed by atoms with Crippen LogP contribution in [0.3, 0.4) is 0 Å². The van der Waals surface area contributed by atoms with Crippen LogP contribution in [-0.4, -0.2) is 4.92 Å². The van der Waals surface area contributed by atoms with Crippen LogP contribution in [0.2, 0.25) is 0 Å². The molecule has 0 aliphatic carbocycles. The molecule has 69 valence electrons. The molecule has 0 aromatic heterocycles. The minimum atomic E-state index is -0.508. The van der Waals surface area contributed by atoms with Gasteiger partial charge in [-0.25, -0.2) is 0 Å². The number of benzene rings is 1. The van der Waals surface area contributed by atoms with E-state index in [0.29, 0.717) is 12.0 Å². The zero-order valence-corrected chi connectivity index (χ0v) is 7.32. The van der Waals surface area contributed by atoms with Crippen LogP contribution in [0.15, 0.2) is 18.2 Å². The molecule has 0 bridgehead atoms. The van der Waals surface area contributed by atoms with Gasteiger partial charge in [-0.05, 0) is 18.6 Å². The van der Waals surface area contributed by atoms with Crippen molar-refractivity contribution in [1.29, 1.82) is 0 Å². The van der Waals surface area contributed by atoms with E-state index in [0.717, 1.165) is 12.5 Å². The molecule has 4 heteroatoms. The van der Waals surface area contributed by atoms with Gasteiger partial charge in [0.05, 0.1) is 11.0 Å². The van der Waals surface area contributed by atoms with Gasteiger partial charge in [-0.3, -0.25) is 15.2 Å². The fourth-order valence-corrected chi connectivity index (χ4v) is 1.19. The van der Waals surface area contributed by atoms with Gasteiger partial charge in [-0.2, -0.15) is 0 Å². The Morgan fingerprint density at radius 1 is 1.46 bits per heavy atom. The average molecular weight is 180 g/mol. The van der Waals surface area contributed by atoms with Crippen molar-refractivity contribution >= 4 is 5.69 Å². The summed E-state index contributed by atoms with van der Waals surface area (Å²) >= 11 is 0.